The highest BCUT2D eigenvalue weighted by molar-refractivity contribution is 5.76. The van der Waals surface area contributed by atoms with Crippen molar-refractivity contribution in [3.8, 4) is 0 Å². The minimum absolute atomic E-state index is 0.318. The smallest absolute Gasteiger partial charge is 0.315 e. The van der Waals surface area contributed by atoms with Gasteiger partial charge in [-0.2, -0.15) is 0 Å². The predicted molar refractivity (Wildman–Crippen MR) is 73.4 cm³/mol. The molecule has 2 rings (SSSR count). The van der Waals surface area contributed by atoms with Crippen LogP contribution in [0.25, 0.3) is 0 Å². The average molecular weight is 263 g/mol. The van der Waals surface area contributed by atoms with E-state index in [1.54, 1.807) is 0 Å². The molecule has 0 spiro atoms. The van der Waals surface area contributed by atoms with Crippen molar-refractivity contribution >= 4 is 5.97 Å². The molecule has 0 saturated carbocycles. The number of aryl methyl sites for hydroxylation is 2. The SMILES string of the molecule is Cc1ccc(CCNCC2(C(=O)O)COC2)cc1C. The van der Waals surface area contributed by atoms with Crippen molar-refractivity contribution in [3.05, 3.63) is 34.9 Å². The van der Waals surface area contributed by atoms with Gasteiger partial charge in [0.25, 0.3) is 0 Å². The molecule has 0 bridgehead atoms. The number of carbonyl (C=O) groups is 1. The highest BCUT2D eigenvalue weighted by atomic mass is 16.5. The summed E-state index contributed by atoms with van der Waals surface area (Å²) in [7, 11) is 0. The highest BCUT2D eigenvalue weighted by Gasteiger charge is 2.45. The fraction of sp³-hybridized carbons (Fsp3) is 0.533. The van der Waals surface area contributed by atoms with Crippen LogP contribution in [-0.4, -0.2) is 37.4 Å². The number of nitrogens with one attached hydrogen (secondary N) is 1. The first-order valence-electron chi connectivity index (χ1n) is 6.61. The first-order valence-corrected chi connectivity index (χ1v) is 6.61. The summed E-state index contributed by atoms with van der Waals surface area (Å²) in [5.41, 5.74) is 3.17. The van der Waals surface area contributed by atoms with Crippen molar-refractivity contribution in [2.45, 2.75) is 20.3 Å². The Kier molecular flexibility index (Phi) is 4.22. The maximum atomic E-state index is 11.1. The van der Waals surface area contributed by atoms with Gasteiger partial charge in [0, 0.05) is 6.54 Å². The second-order valence-electron chi connectivity index (χ2n) is 5.42. The standard InChI is InChI=1S/C15H21NO3/c1-11-3-4-13(7-12(11)2)5-6-16-8-15(14(17)18)9-19-10-15/h3-4,7,16H,5-6,8-10H2,1-2H3,(H,17,18). The van der Waals surface area contributed by atoms with Gasteiger partial charge in [0.1, 0.15) is 5.41 Å². The zero-order valence-electron chi connectivity index (χ0n) is 11.5. The van der Waals surface area contributed by atoms with E-state index < -0.39 is 11.4 Å². The molecule has 1 aliphatic heterocycles. The van der Waals surface area contributed by atoms with Crippen molar-refractivity contribution in [2.24, 2.45) is 5.41 Å². The lowest BCUT2D eigenvalue weighted by molar-refractivity contribution is -0.178. The number of hydrogen-bond acceptors (Lipinski definition) is 3. The summed E-state index contributed by atoms with van der Waals surface area (Å²) in [4.78, 5) is 11.1. The third-order valence-corrected chi connectivity index (χ3v) is 3.84. The minimum Gasteiger partial charge on any atom is -0.481 e. The van der Waals surface area contributed by atoms with E-state index in [1.165, 1.54) is 16.7 Å². The van der Waals surface area contributed by atoms with Crippen molar-refractivity contribution in [1.82, 2.24) is 5.32 Å². The molecule has 1 heterocycles. The molecule has 4 nitrogen and oxygen atoms in total. The van der Waals surface area contributed by atoms with Crippen LogP contribution in [0.3, 0.4) is 0 Å². The number of carboxylic acids is 1. The summed E-state index contributed by atoms with van der Waals surface area (Å²) in [6, 6.07) is 6.45. The van der Waals surface area contributed by atoms with Crippen LogP contribution in [0.2, 0.25) is 0 Å². The molecule has 0 atom stereocenters. The second kappa shape index (κ2) is 5.72. The molecule has 0 aromatic heterocycles. The van der Waals surface area contributed by atoms with E-state index in [-0.39, 0.29) is 0 Å². The van der Waals surface area contributed by atoms with Gasteiger partial charge in [-0.05, 0) is 43.5 Å². The van der Waals surface area contributed by atoms with Crippen molar-refractivity contribution in [1.29, 1.82) is 0 Å². The van der Waals surface area contributed by atoms with Gasteiger partial charge in [-0.25, -0.2) is 0 Å². The Labute approximate surface area is 113 Å². The number of carboxylic acid groups (broad SMARTS) is 1. The van der Waals surface area contributed by atoms with E-state index in [1.807, 2.05) is 0 Å². The summed E-state index contributed by atoms with van der Waals surface area (Å²) < 4.78 is 5.02. The van der Waals surface area contributed by atoms with Crippen LogP contribution in [0.15, 0.2) is 18.2 Å². The molecule has 0 aliphatic carbocycles. The number of rotatable bonds is 6. The highest BCUT2D eigenvalue weighted by Crippen LogP contribution is 2.26. The van der Waals surface area contributed by atoms with E-state index in [4.69, 9.17) is 9.84 Å². The van der Waals surface area contributed by atoms with Gasteiger partial charge in [0.15, 0.2) is 0 Å². The van der Waals surface area contributed by atoms with Crippen molar-refractivity contribution in [3.63, 3.8) is 0 Å². The zero-order valence-corrected chi connectivity index (χ0v) is 11.5. The number of ether oxygens (including phenoxy) is 1. The monoisotopic (exact) mass is 263 g/mol. The molecular formula is C15H21NO3. The lowest BCUT2D eigenvalue weighted by atomic mass is 9.86. The first kappa shape index (κ1) is 14.0. The summed E-state index contributed by atoms with van der Waals surface area (Å²) in [5.74, 6) is -0.766. The normalized spacial score (nSPS) is 16.9. The molecule has 0 unspecified atom stereocenters. The van der Waals surface area contributed by atoms with Crippen LogP contribution >= 0.6 is 0 Å². The van der Waals surface area contributed by atoms with Crippen molar-refractivity contribution < 1.29 is 14.6 Å². The van der Waals surface area contributed by atoms with E-state index in [9.17, 15) is 4.79 Å². The largest absolute Gasteiger partial charge is 0.481 e. The quantitative estimate of drug-likeness (QED) is 0.764. The first-order chi connectivity index (χ1) is 9.03. The Morgan fingerprint density at radius 2 is 2.11 bits per heavy atom. The molecule has 0 radical (unpaired) electrons. The van der Waals surface area contributed by atoms with Gasteiger partial charge in [-0.15, -0.1) is 0 Å². The van der Waals surface area contributed by atoms with Crippen LogP contribution in [0.1, 0.15) is 16.7 Å². The summed E-state index contributed by atoms with van der Waals surface area (Å²) in [6.07, 6.45) is 0.914. The number of benzene rings is 1. The molecule has 104 valence electrons. The Morgan fingerprint density at radius 3 is 2.63 bits per heavy atom. The lowest BCUT2D eigenvalue weighted by Crippen LogP contribution is -2.55. The molecule has 2 N–H and O–H groups in total. The fourth-order valence-corrected chi connectivity index (χ4v) is 2.17. The average Bonchev–Trinajstić information content (AvgIpc) is 2.31. The summed E-state index contributed by atoms with van der Waals surface area (Å²) >= 11 is 0. The Morgan fingerprint density at radius 1 is 1.37 bits per heavy atom. The van der Waals surface area contributed by atoms with Gasteiger partial charge in [-0.3, -0.25) is 4.79 Å². The van der Waals surface area contributed by atoms with Crippen molar-refractivity contribution in [2.75, 3.05) is 26.3 Å². The molecule has 0 amide bonds. The lowest BCUT2D eigenvalue weighted by Gasteiger charge is -2.37. The molecule has 1 aromatic rings. The molecule has 1 saturated heterocycles. The Hall–Kier alpha value is -1.39. The molecule has 19 heavy (non-hydrogen) atoms. The van der Waals surface area contributed by atoms with Gasteiger partial charge < -0.3 is 15.2 Å². The zero-order chi connectivity index (χ0) is 13.9. The maximum Gasteiger partial charge on any atom is 0.315 e. The van der Waals surface area contributed by atoms with Crippen LogP contribution in [0, 0.1) is 19.3 Å². The van der Waals surface area contributed by atoms with E-state index in [0.717, 1.165) is 13.0 Å². The summed E-state index contributed by atoms with van der Waals surface area (Å²) in [5, 5.41) is 12.4. The Bertz CT molecular complexity index is 466. The van der Waals surface area contributed by atoms with Crippen LogP contribution in [0.5, 0.6) is 0 Å². The molecule has 1 aromatic carbocycles. The van der Waals surface area contributed by atoms with E-state index in [0.29, 0.717) is 19.8 Å². The Balaban J connectivity index is 1.77. The molecule has 4 heteroatoms. The van der Waals surface area contributed by atoms with Crippen LogP contribution in [-0.2, 0) is 16.0 Å². The third-order valence-electron chi connectivity index (χ3n) is 3.84. The third kappa shape index (κ3) is 3.14. The fourth-order valence-electron chi connectivity index (χ4n) is 2.17. The van der Waals surface area contributed by atoms with Crippen LogP contribution in [0.4, 0.5) is 0 Å². The minimum atomic E-state index is -0.766. The number of hydrogen-bond donors (Lipinski definition) is 2. The molecular weight excluding hydrogens is 242 g/mol. The molecule has 1 fully saturated rings. The maximum absolute atomic E-state index is 11.1. The van der Waals surface area contributed by atoms with Gasteiger partial charge in [-0.1, -0.05) is 18.2 Å². The van der Waals surface area contributed by atoms with Gasteiger partial charge in [0.05, 0.1) is 13.2 Å². The van der Waals surface area contributed by atoms with Gasteiger partial charge in [0.2, 0.25) is 0 Å². The van der Waals surface area contributed by atoms with E-state index in [2.05, 4.69) is 37.4 Å². The van der Waals surface area contributed by atoms with Gasteiger partial charge >= 0.3 is 5.97 Å². The molecule has 1 aliphatic rings. The number of aliphatic carboxylic acids is 1. The van der Waals surface area contributed by atoms with E-state index >= 15 is 0 Å². The second-order valence-corrected chi connectivity index (χ2v) is 5.42. The topological polar surface area (TPSA) is 58.6 Å². The summed E-state index contributed by atoms with van der Waals surface area (Å²) in [6.45, 7) is 6.12. The van der Waals surface area contributed by atoms with Crippen LogP contribution < -0.4 is 5.32 Å². The predicted octanol–water partition coefficient (Wildman–Crippen LogP) is 1.54.